The second-order valence-electron chi connectivity index (χ2n) is 7.22. The van der Waals surface area contributed by atoms with E-state index >= 15 is 0 Å². The van der Waals surface area contributed by atoms with Crippen molar-refractivity contribution >= 4 is 0 Å². The molecule has 0 amide bonds. The van der Waals surface area contributed by atoms with Gasteiger partial charge in [0.2, 0.25) is 0 Å². The van der Waals surface area contributed by atoms with Gasteiger partial charge in [-0.3, -0.25) is 0 Å². The lowest BCUT2D eigenvalue weighted by atomic mass is 9.53. The van der Waals surface area contributed by atoms with Crippen molar-refractivity contribution in [2.75, 3.05) is 14.2 Å². The highest BCUT2D eigenvalue weighted by atomic mass is 16.7. The van der Waals surface area contributed by atoms with Gasteiger partial charge in [-0.15, -0.1) is 0 Å². The van der Waals surface area contributed by atoms with Gasteiger partial charge in [0.05, 0.1) is 14.2 Å². The van der Waals surface area contributed by atoms with Crippen LogP contribution in [-0.2, 0) is 15.9 Å². The first-order valence-electron chi connectivity index (χ1n) is 8.29. The molecule has 2 aliphatic carbocycles. The summed E-state index contributed by atoms with van der Waals surface area (Å²) in [6.45, 7) is 0. The third-order valence-electron chi connectivity index (χ3n) is 6.41. The Hall–Kier alpha value is -1.26. The summed E-state index contributed by atoms with van der Waals surface area (Å²) in [6, 6.07) is 4.14. The van der Waals surface area contributed by atoms with Crippen LogP contribution in [0.4, 0.5) is 0 Å². The van der Waals surface area contributed by atoms with Crippen LogP contribution >= 0.6 is 0 Å². The van der Waals surface area contributed by atoms with Crippen LogP contribution in [0.15, 0.2) is 12.1 Å². The number of methoxy groups -OCH3 is 2. The molecule has 0 radical (unpaired) electrons. The maximum atomic E-state index is 6.43. The maximum Gasteiger partial charge on any atom is 0.160 e. The first-order chi connectivity index (χ1) is 10.7. The fourth-order valence-corrected chi connectivity index (χ4v) is 5.55. The lowest BCUT2D eigenvalue weighted by Crippen LogP contribution is -2.56. The molecular weight excluding hydrogens is 280 g/mol. The molecule has 0 N–H and O–H groups in total. The van der Waals surface area contributed by atoms with E-state index in [1.165, 1.54) is 30.4 Å². The molecule has 4 atom stereocenters. The zero-order valence-electron chi connectivity index (χ0n) is 13.2. The number of hydrogen-bond acceptors (Lipinski definition) is 4. The summed E-state index contributed by atoms with van der Waals surface area (Å²) in [5, 5.41) is 0. The normalized spacial score (nSPS) is 41.0. The van der Waals surface area contributed by atoms with E-state index in [4.69, 9.17) is 18.9 Å². The van der Waals surface area contributed by atoms with E-state index in [1.807, 2.05) is 6.07 Å². The van der Waals surface area contributed by atoms with Crippen LogP contribution in [0.5, 0.6) is 11.5 Å². The van der Waals surface area contributed by atoms with Gasteiger partial charge in [-0.1, -0.05) is 12.8 Å². The minimum atomic E-state index is -0.120. The largest absolute Gasteiger partial charge is 0.497 e. The van der Waals surface area contributed by atoms with Crippen LogP contribution in [0.2, 0.25) is 0 Å². The number of benzene rings is 1. The molecule has 4 nitrogen and oxygen atoms in total. The zero-order valence-corrected chi connectivity index (χ0v) is 13.2. The van der Waals surface area contributed by atoms with Crippen molar-refractivity contribution < 1.29 is 18.9 Å². The van der Waals surface area contributed by atoms with Gasteiger partial charge in [0.25, 0.3) is 0 Å². The molecular formula is C18H22O4. The fraction of sp³-hybridized carbons (Fsp3) is 0.667. The highest BCUT2D eigenvalue weighted by molar-refractivity contribution is 5.53. The van der Waals surface area contributed by atoms with Crippen LogP contribution < -0.4 is 9.47 Å². The summed E-state index contributed by atoms with van der Waals surface area (Å²) in [7, 11) is 3.44. The summed E-state index contributed by atoms with van der Waals surface area (Å²) in [6.07, 6.45) is 7.02. The predicted molar refractivity (Wildman–Crippen MR) is 80.2 cm³/mol. The molecule has 2 heterocycles. The fourth-order valence-electron chi connectivity index (χ4n) is 5.55. The molecule has 22 heavy (non-hydrogen) atoms. The van der Waals surface area contributed by atoms with E-state index < -0.39 is 0 Å². The SMILES string of the molecule is COc1cc2c(c(OC)c1)C1O[C@H]3C[C@@]4(CCCC[C@@]14O3)C2. The Balaban J connectivity index is 1.74. The van der Waals surface area contributed by atoms with Crippen molar-refractivity contribution in [2.45, 2.75) is 56.5 Å². The average molecular weight is 302 g/mol. The molecule has 2 bridgehead atoms. The second kappa shape index (κ2) is 4.18. The number of ether oxygens (including phenoxy) is 4. The molecule has 2 saturated heterocycles. The lowest BCUT2D eigenvalue weighted by Gasteiger charge is -2.54. The van der Waals surface area contributed by atoms with Crippen molar-refractivity contribution in [2.24, 2.45) is 5.41 Å². The van der Waals surface area contributed by atoms with Gasteiger partial charge in [-0.05, 0) is 30.9 Å². The Kier molecular flexibility index (Phi) is 2.51. The van der Waals surface area contributed by atoms with Crippen LogP contribution in [-0.4, -0.2) is 26.1 Å². The minimum Gasteiger partial charge on any atom is -0.497 e. The van der Waals surface area contributed by atoms with Crippen molar-refractivity contribution in [1.82, 2.24) is 0 Å². The second-order valence-corrected chi connectivity index (χ2v) is 7.22. The monoisotopic (exact) mass is 302 g/mol. The molecule has 4 aliphatic rings. The van der Waals surface area contributed by atoms with E-state index in [2.05, 4.69) is 6.07 Å². The van der Waals surface area contributed by atoms with Crippen molar-refractivity contribution in [3.05, 3.63) is 23.3 Å². The maximum absolute atomic E-state index is 6.43. The Morgan fingerprint density at radius 2 is 2.00 bits per heavy atom. The van der Waals surface area contributed by atoms with Crippen LogP contribution in [0.1, 0.15) is 49.3 Å². The molecule has 1 aromatic carbocycles. The van der Waals surface area contributed by atoms with Gasteiger partial charge >= 0.3 is 0 Å². The van der Waals surface area contributed by atoms with Gasteiger partial charge in [0.15, 0.2) is 6.29 Å². The molecule has 1 unspecified atom stereocenters. The molecule has 1 spiro atoms. The summed E-state index contributed by atoms with van der Waals surface area (Å²) < 4.78 is 23.8. The van der Waals surface area contributed by atoms with Crippen molar-refractivity contribution in [3.8, 4) is 11.5 Å². The zero-order chi connectivity index (χ0) is 14.9. The van der Waals surface area contributed by atoms with Crippen molar-refractivity contribution in [3.63, 3.8) is 0 Å². The first kappa shape index (κ1) is 13.2. The lowest BCUT2D eigenvalue weighted by molar-refractivity contribution is -0.111. The van der Waals surface area contributed by atoms with E-state index in [-0.39, 0.29) is 23.4 Å². The first-order valence-corrected chi connectivity index (χ1v) is 8.29. The third-order valence-corrected chi connectivity index (χ3v) is 6.41. The smallest absolute Gasteiger partial charge is 0.160 e. The van der Waals surface area contributed by atoms with E-state index in [9.17, 15) is 0 Å². The highest BCUT2D eigenvalue weighted by Gasteiger charge is 2.71. The summed E-state index contributed by atoms with van der Waals surface area (Å²) in [5.74, 6) is 1.74. The van der Waals surface area contributed by atoms with Gasteiger partial charge < -0.3 is 18.9 Å². The van der Waals surface area contributed by atoms with E-state index in [0.29, 0.717) is 0 Å². The van der Waals surface area contributed by atoms with Gasteiger partial charge in [0.1, 0.15) is 23.2 Å². The number of hydrogen-bond donors (Lipinski definition) is 0. The van der Waals surface area contributed by atoms with Crippen LogP contribution in [0.25, 0.3) is 0 Å². The van der Waals surface area contributed by atoms with E-state index in [1.54, 1.807) is 14.2 Å². The van der Waals surface area contributed by atoms with E-state index in [0.717, 1.165) is 30.8 Å². The van der Waals surface area contributed by atoms with Gasteiger partial charge in [-0.2, -0.15) is 0 Å². The van der Waals surface area contributed by atoms with Crippen LogP contribution in [0.3, 0.4) is 0 Å². The average Bonchev–Trinajstić information content (AvgIpc) is 3.05. The molecule has 118 valence electrons. The summed E-state index contributed by atoms with van der Waals surface area (Å²) in [5.41, 5.74) is 2.65. The number of fused-ring (bicyclic) bond motifs is 3. The van der Waals surface area contributed by atoms with Crippen molar-refractivity contribution in [1.29, 1.82) is 0 Å². The van der Waals surface area contributed by atoms with Gasteiger partial charge in [-0.25, -0.2) is 0 Å². The highest BCUT2D eigenvalue weighted by Crippen LogP contribution is 2.70. The molecule has 0 aromatic heterocycles. The Morgan fingerprint density at radius 3 is 2.82 bits per heavy atom. The Morgan fingerprint density at radius 1 is 1.14 bits per heavy atom. The molecule has 2 aliphatic heterocycles. The summed E-state index contributed by atoms with van der Waals surface area (Å²) in [4.78, 5) is 0. The predicted octanol–water partition coefficient (Wildman–Crippen LogP) is 3.38. The topological polar surface area (TPSA) is 36.9 Å². The quantitative estimate of drug-likeness (QED) is 0.839. The molecule has 1 saturated carbocycles. The standard InChI is InChI=1S/C18H22O4/c1-19-12-7-11-9-17-5-3-4-6-18(17)16(21-14(10-17)22-18)15(11)13(8-12)20-2/h7-8,14,16H,3-6,9-10H2,1-2H3/t14-,16?,17-,18-/m1/s1. The third kappa shape index (κ3) is 1.36. The summed E-state index contributed by atoms with van der Waals surface area (Å²) >= 11 is 0. The molecule has 3 fully saturated rings. The molecule has 5 rings (SSSR count). The van der Waals surface area contributed by atoms with Gasteiger partial charge in [0, 0.05) is 23.5 Å². The van der Waals surface area contributed by atoms with Crippen LogP contribution in [0, 0.1) is 5.41 Å². The molecule has 4 heteroatoms. The minimum absolute atomic E-state index is 0.0242. The number of rotatable bonds is 2. The Labute approximate surface area is 130 Å². The molecule has 1 aromatic rings. The Bertz CT molecular complexity index is 642.